The van der Waals surface area contributed by atoms with Gasteiger partial charge < -0.3 is 0 Å². The second-order valence-electron chi connectivity index (χ2n) is 2.72. The topological polar surface area (TPSA) is 36.7 Å². The second-order valence-corrected chi connectivity index (χ2v) is 3.40. The Bertz CT molecular complexity index is 402. The van der Waals surface area contributed by atoms with Gasteiger partial charge in [0.05, 0.1) is 24.1 Å². The molecule has 0 aliphatic carbocycles. The molecule has 15 heavy (non-hydrogen) atoms. The van der Waals surface area contributed by atoms with Crippen molar-refractivity contribution < 1.29 is 8.78 Å². The fraction of sp³-hybridized carbons (Fsp3) is 0.333. The second kappa shape index (κ2) is 5.24. The molecule has 0 atom stereocenters. The molecule has 0 radical (unpaired) electrons. The zero-order valence-corrected chi connectivity index (χ0v) is 8.99. The van der Waals surface area contributed by atoms with E-state index in [9.17, 15) is 8.78 Å². The van der Waals surface area contributed by atoms with E-state index in [1.165, 1.54) is 0 Å². The number of hydrogen-bond donors (Lipinski definition) is 0. The minimum absolute atomic E-state index is 0.0113. The maximum Gasteiger partial charge on any atom is 0.280 e. The van der Waals surface area contributed by atoms with Gasteiger partial charge in [-0.1, -0.05) is 11.6 Å². The summed E-state index contributed by atoms with van der Waals surface area (Å²) in [6.45, 7) is 0. The third-order valence-corrected chi connectivity index (χ3v) is 2.37. The first-order valence-corrected chi connectivity index (χ1v) is 4.90. The summed E-state index contributed by atoms with van der Waals surface area (Å²) in [6.07, 6.45) is -2.68. The number of nitrogens with zero attached hydrogens (tertiary/aromatic N) is 2. The molecule has 1 aromatic heterocycles. The van der Waals surface area contributed by atoms with Gasteiger partial charge in [-0.3, -0.25) is 4.98 Å². The van der Waals surface area contributed by atoms with Crippen LogP contribution >= 0.6 is 23.2 Å². The lowest BCUT2D eigenvalue weighted by molar-refractivity contribution is 0.146. The summed E-state index contributed by atoms with van der Waals surface area (Å²) in [7, 11) is 0. The van der Waals surface area contributed by atoms with Crippen molar-refractivity contribution in [3.05, 3.63) is 28.0 Å². The molecule has 1 heterocycles. The zero-order valence-electron chi connectivity index (χ0n) is 7.48. The van der Waals surface area contributed by atoms with Crippen LogP contribution in [-0.2, 0) is 12.3 Å². The molecule has 1 aromatic rings. The molecule has 0 amide bonds. The molecule has 6 heteroatoms. The van der Waals surface area contributed by atoms with Gasteiger partial charge >= 0.3 is 0 Å². The summed E-state index contributed by atoms with van der Waals surface area (Å²) in [5.74, 6) is -0.0444. The molecule has 80 valence electrons. The lowest BCUT2D eigenvalue weighted by atomic mass is 10.1. The number of aromatic nitrogens is 1. The Balaban J connectivity index is 3.25. The first-order chi connectivity index (χ1) is 7.10. The Labute approximate surface area is 95.4 Å². The van der Waals surface area contributed by atoms with Gasteiger partial charge in [-0.25, -0.2) is 8.78 Å². The Morgan fingerprint density at radius 3 is 2.67 bits per heavy atom. The van der Waals surface area contributed by atoms with E-state index in [1.807, 2.05) is 6.07 Å². The molecule has 1 rings (SSSR count). The van der Waals surface area contributed by atoms with E-state index in [4.69, 9.17) is 28.5 Å². The number of nitriles is 1. The molecule has 0 aliphatic rings. The van der Waals surface area contributed by atoms with Crippen molar-refractivity contribution in [3.8, 4) is 6.07 Å². The Morgan fingerprint density at radius 1 is 1.53 bits per heavy atom. The average Bonchev–Trinajstić information content (AvgIpc) is 2.20. The predicted molar refractivity (Wildman–Crippen MR) is 53.1 cm³/mol. The summed E-state index contributed by atoms with van der Waals surface area (Å²) < 4.78 is 24.7. The van der Waals surface area contributed by atoms with Crippen LogP contribution < -0.4 is 0 Å². The van der Waals surface area contributed by atoms with E-state index in [0.29, 0.717) is 5.56 Å². The summed E-state index contributed by atoms with van der Waals surface area (Å²) in [6, 6.07) is 2.94. The SMILES string of the molecule is N#CCc1c(Cl)cc(C(F)F)nc1CCl. The monoisotopic (exact) mass is 250 g/mol. The molecule has 0 unspecified atom stereocenters. The highest BCUT2D eigenvalue weighted by molar-refractivity contribution is 6.31. The minimum atomic E-state index is -2.69. The van der Waals surface area contributed by atoms with E-state index in [0.717, 1.165) is 6.07 Å². The quantitative estimate of drug-likeness (QED) is 0.771. The number of rotatable bonds is 3. The molecule has 0 aliphatic heterocycles. The van der Waals surface area contributed by atoms with Crippen LogP contribution in [0.5, 0.6) is 0 Å². The number of halogens is 4. The summed E-state index contributed by atoms with van der Waals surface area (Å²) in [5.41, 5.74) is 0.233. The van der Waals surface area contributed by atoms with Gasteiger partial charge in [0.15, 0.2) is 0 Å². The van der Waals surface area contributed by atoms with Crippen LogP contribution in [0.25, 0.3) is 0 Å². The normalized spacial score (nSPS) is 10.4. The number of alkyl halides is 3. The highest BCUT2D eigenvalue weighted by Crippen LogP contribution is 2.26. The van der Waals surface area contributed by atoms with Gasteiger partial charge in [0.2, 0.25) is 0 Å². The molecule has 2 nitrogen and oxygen atoms in total. The van der Waals surface area contributed by atoms with E-state index in [2.05, 4.69) is 4.98 Å². The average molecular weight is 251 g/mol. The fourth-order valence-electron chi connectivity index (χ4n) is 1.10. The van der Waals surface area contributed by atoms with E-state index < -0.39 is 12.1 Å². The van der Waals surface area contributed by atoms with Gasteiger partial charge in [-0.2, -0.15) is 5.26 Å². The largest absolute Gasteiger partial charge is 0.280 e. The molecule has 0 saturated carbocycles. The maximum atomic E-state index is 12.4. The number of pyridine rings is 1. The summed E-state index contributed by atoms with van der Waals surface area (Å²) >= 11 is 11.3. The third kappa shape index (κ3) is 2.77. The standard InChI is InChI=1S/C9H6Cl2F2N2/c10-4-8-5(1-2-14)6(11)3-7(15-8)9(12)13/h3,9H,1,4H2. The van der Waals surface area contributed by atoms with Crippen molar-refractivity contribution in [1.29, 1.82) is 5.26 Å². The highest BCUT2D eigenvalue weighted by atomic mass is 35.5. The van der Waals surface area contributed by atoms with Crippen LogP contribution in [0.3, 0.4) is 0 Å². The van der Waals surface area contributed by atoms with Crippen molar-refractivity contribution in [2.45, 2.75) is 18.7 Å². The van der Waals surface area contributed by atoms with Crippen molar-refractivity contribution >= 4 is 23.2 Å². The van der Waals surface area contributed by atoms with Crippen LogP contribution in [0.2, 0.25) is 5.02 Å². The van der Waals surface area contributed by atoms with Crippen LogP contribution in [-0.4, -0.2) is 4.98 Å². The molecule has 0 saturated heterocycles. The van der Waals surface area contributed by atoms with Gasteiger partial charge in [-0.05, 0) is 6.07 Å². The lowest BCUT2D eigenvalue weighted by Crippen LogP contribution is -2.01. The Kier molecular flexibility index (Phi) is 4.25. The van der Waals surface area contributed by atoms with Gasteiger partial charge in [0.1, 0.15) is 5.69 Å². The highest BCUT2D eigenvalue weighted by Gasteiger charge is 2.15. The summed E-state index contributed by atoms with van der Waals surface area (Å²) in [5, 5.41) is 8.62. The molecular formula is C9H6Cl2F2N2. The lowest BCUT2D eigenvalue weighted by Gasteiger charge is -2.08. The molecule has 0 fully saturated rings. The predicted octanol–water partition coefficient (Wildman–Crippen LogP) is 3.48. The van der Waals surface area contributed by atoms with Crippen LogP contribution in [0.1, 0.15) is 23.4 Å². The molecule has 0 N–H and O–H groups in total. The Hall–Kier alpha value is -0.920. The fourth-order valence-corrected chi connectivity index (χ4v) is 1.61. The van der Waals surface area contributed by atoms with E-state index >= 15 is 0 Å². The van der Waals surface area contributed by atoms with E-state index in [-0.39, 0.29) is 23.0 Å². The molecule has 0 bridgehead atoms. The first kappa shape index (κ1) is 12.2. The smallest absolute Gasteiger partial charge is 0.250 e. The van der Waals surface area contributed by atoms with Crippen molar-refractivity contribution in [3.63, 3.8) is 0 Å². The number of hydrogen-bond acceptors (Lipinski definition) is 2. The Morgan fingerprint density at radius 2 is 2.20 bits per heavy atom. The maximum absolute atomic E-state index is 12.4. The van der Waals surface area contributed by atoms with Gasteiger partial charge in [0, 0.05) is 10.6 Å². The van der Waals surface area contributed by atoms with Crippen molar-refractivity contribution in [1.82, 2.24) is 4.98 Å². The van der Waals surface area contributed by atoms with Crippen LogP contribution in [0.15, 0.2) is 6.07 Å². The molecule has 0 aromatic carbocycles. The van der Waals surface area contributed by atoms with Gasteiger partial charge in [-0.15, -0.1) is 11.6 Å². The zero-order chi connectivity index (χ0) is 11.4. The van der Waals surface area contributed by atoms with Crippen LogP contribution in [0, 0.1) is 11.3 Å². The molecular weight excluding hydrogens is 245 g/mol. The van der Waals surface area contributed by atoms with Crippen LogP contribution in [0.4, 0.5) is 8.78 Å². The van der Waals surface area contributed by atoms with Crippen molar-refractivity contribution in [2.24, 2.45) is 0 Å². The summed E-state index contributed by atoms with van der Waals surface area (Å²) in [4.78, 5) is 3.65. The minimum Gasteiger partial charge on any atom is -0.250 e. The third-order valence-electron chi connectivity index (χ3n) is 1.78. The van der Waals surface area contributed by atoms with Gasteiger partial charge in [0.25, 0.3) is 6.43 Å². The van der Waals surface area contributed by atoms with Crippen molar-refractivity contribution in [2.75, 3.05) is 0 Å². The first-order valence-electron chi connectivity index (χ1n) is 3.99. The van der Waals surface area contributed by atoms with E-state index in [1.54, 1.807) is 0 Å². The molecule has 0 spiro atoms.